The fourth-order valence-electron chi connectivity index (χ4n) is 0.855. The number of rotatable bonds is 12. The molecule has 0 heterocycles. The first kappa shape index (κ1) is 15.5. The Morgan fingerprint density at radius 3 is 1.75 bits per heavy atom. The van der Waals surface area contributed by atoms with Crippen LogP contribution in [0, 0.1) is 0 Å². The van der Waals surface area contributed by atoms with Gasteiger partial charge in [0.05, 0.1) is 25.7 Å². The summed E-state index contributed by atoms with van der Waals surface area (Å²) in [6.07, 6.45) is 2.95. The highest BCUT2D eigenvalue weighted by atomic mass is 32.2. The molecule has 0 unspecified atom stereocenters. The van der Waals surface area contributed by atoms with Crippen LogP contribution in [0.25, 0.3) is 0 Å². The molecule has 0 fully saturated rings. The molecule has 0 N–H and O–H groups in total. The summed E-state index contributed by atoms with van der Waals surface area (Å²) < 4.78 is 10.0. The van der Waals surface area contributed by atoms with Gasteiger partial charge < -0.3 is 9.47 Å². The Balaban J connectivity index is 3.18. The number of hydrogen-bond donors (Lipinski definition) is 0. The van der Waals surface area contributed by atoms with Gasteiger partial charge in [0, 0.05) is 23.0 Å². The van der Waals surface area contributed by atoms with E-state index >= 15 is 0 Å². The topological polar surface area (TPSA) is 18.5 Å². The van der Waals surface area contributed by atoms with Crippen LogP contribution in [0.3, 0.4) is 0 Å². The van der Waals surface area contributed by atoms with Crippen LogP contribution in [0.4, 0.5) is 0 Å². The van der Waals surface area contributed by atoms with Crippen molar-refractivity contribution in [3.63, 3.8) is 0 Å². The lowest BCUT2D eigenvalue weighted by atomic mass is 10.4. The maximum Gasteiger partial charge on any atom is 0.0963 e. The SMILES string of the molecule is C=COCCSCC(=C)CSCCOC=C. The minimum absolute atomic E-state index is 0.724. The largest absolute Gasteiger partial charge is 0.501 e. The van der Waals surface area contributed by atoms with Crippen molar-refractivity contribution in [3.05, 3.63) is 37.8 Å². The molecule has 0 amide bonds. The van der Waals surface area contributed by atoms with Gasteiger partial charge in [-0.15, -0.1) is 0 Å². The Morgan fingerprint density at radius 1 is 0.938 bits per heavy atom. The summed E-state index contributed by atoms with van der Waals surface area (Å²) in [5.74, 6) is 3.95. The molecule has 0 spiro atoms. The first-order valence-electron chi connectivity index (χ1n) is 5.08. The van der Waals surface area contributed by atoms with Gasteiger partial charge in [-0.05, 0) is 0 Å². The van der Waals surface area contributed by atoms with Crippen molar-refractivity contribution in [1.29, 1.82) is 0 Å². The summed E-state index contributed by atoms with van der Waals surface area (Å²) in [6.45, 7) is 12.4. The highest BCUT2D eigenvalue weighted by Gasteiger charge is 1.96. The third kappa shape index (κ3) is 11.6. The van der Waals surface area contributed by atoms with E-state index in [1.807, 2.05) is 23.5 Å². The first-order valence-corrected chi connectivity index (χ1v) is 7.39. The summed E-state index contributed by atoms with van der Waals surface area (Å²) in [7, 11) is 0. The van der Waals surface area contributed by atoms with E-state index in [1.165, 1.54) is 18.1 Å². The first-order chi connectivity index (χ1) is 7.81. The average molecular weight is 260 g/mol. The Kier molecular flexibility index (Phi) is 12.2. The van der Waals surface area contributed by atoms with E-state index in [4.69, 9.17) is 9.47 Å². The molecule has 0 radical (unpaired) electrons. The van der Waals surface area contributed by atoms with Gasteiger partial charge in [-0.1, -0.05) is 25.3 Å². The van der Waals surface area contributed by atoms with Gasteiger partial charge in [0.25, 0.3) is 0 Å². The van der Waals surface area contributed by atoms with Crippen LogP contribution in [0.5, 0.6) is 0 Å². The molecule has 0 bridgehead atoms. The van der Waals surface area contributed by atoms with Gasteiger partial charge in [0.2, 0.25) is 0 Å². The van der Waals surface area contributed by atoms with Crippen LogP contribution >= 0.6 is 23.5 Å². The lowest BCUT2D eigenvalue weighted by Gasteiger charge is -2.05. The number of ether oxygens (including phenoxy) is 2. The minimum Gasteiger partial charge on any atom is -0.501 e. The summed E-state index contributed by atoms with van der Waals surface area (Å²) in [6, 6.07) is 0. The summed E-state index contributed by atoms with van der Waals surface area (Å²) in [5.41, 5.74) is 1.26. The molecule has 2 nitrogen and oxygen atoms in total. The number of hydrogen-bond acceptors (Lipinski definition) is 4. The molecule has 16 heavy (non-hydrogen) atoms. The Labute approximate surface area is 107 Å². The highest BCUT2D eigenvalue weighted by molar-refractivity contribution is 8.00. The van der Waals surface area contributed by atoms with E-state index in [-0.39, 0.29) is 0 Å². The van der Waals surface area contributed by atoms with Crippen molar-refractivity contribution in [2.45, 2.75) is 0 Å². The van der Waals surface area contributed by atoms with Crippen molar-refractivity contribution < 1.29 is 9.47 Å². The van der Waals surface area contributed by atoms with Crippen molar-refractivity contribution in [2.24, 2.45) is 0 Å². The minimum atomic E-state index is 0.724. The maximum atomic E-state index is 5.02. The molecular formula is C12H20O2S2. The summed E-state index contributed by atoms with van der Waals surface area (Å²) in [4.78, 5) is 0. The van der Waals surface area contributed by atoms with Crippen LogP contribution < -0.4 is 0 Å². The fraction of sp³-hybridized carbons (Fsp3) is 0.500. The second kappa shape index (κ2) is 12.6. The predicted octanol–water partition coefficient (Wildman–Crippen LogP) is 3.33. The van der Waals surface area contributed by atoms with E-state index in [2.05, 4.69) is 19.7 Å². The zero-order chi connectivity index (χ0) is 12.1. The van der Waals surface area contributed by atoms with E-state index in [0.29, 0.717) is 0 Å². The molecule has 0 atom stereocenters. The van der Waals surface area contributed by atoms with Crippen molar-refractivity contribution in [2.75, 3.05) is 36.2 Å². The second-order valence-electron chi connectivity index (χ2n) is 2.93. The van der Waals surface area contributed by atoms with Crippen LogP contribution in [0.1, 0.15) is 0 Å². The Morgan fingerprint density at radius 2 is 1.38 bits per heavy atom. The molecule has 0 saturated heterocycles. The summed E-state index contributed by atoms with van der Waals surface area (Å²) in [5, 5.41) is 0. The monoisotopic (exact) mass is 260 g/mol. The van der Waals surface area contributed by atoms with Gasteiger partial charge in [0.15, 0.2) is 0 Å². The van der Waals surface area contributed by atoms with Crippen molar-refractivity contribution >= 4 is 23.5 Å². The van der Waals surface area contributed by atoms with Gasteiger partial charge in [-0.2, -0.15) is 23.5 Å². The van der Waals surface area contributed by atoms with Gasteiger partial charge in [-0.3, -0.25) is 0 Å². The van der Waals surface area contributed by atoms with Gasteiger partial charge in [-0.25, -0.2) is 0 Å². The molecular weight excluding hydrogens is 240 g/mol. The third-order valence-electron chi connectivity index (χ3n) is 1.54. The predicted molar refractivity (Wildman–Crippen MR) is 76.1 cm³/mol. The lowest BCUT2D eigenvalue weighted by molar-refractivity contribution is 0.274. The van der Waals surface area contributed by atoms with Crippen LogP contribution in [0.2, 0.25) is 0 Å². The fourth-order valence-corrected chi connectivity index (χ4v) is 2.48. The van der Waals surface area contributed by atoms with Crippen molar-refractivity contribution in [3.8, 4) is 0 Å². The molecule has 0 aromatic rings. The molecule has 0 aromatic carbocycles. The van der Waals surface area contributed by atoms with Crippen molar-refractivity contribution in [1.82, 2.24) is 0 Å². The van der Waals surface area contributed by atoms with E-state index in [9.17, 15) is 0 Å². The summed E-state index contributed by atoms with van der Waals surface area (Å²) >= 11 is 3.67. The smallest absolute Gasteiger partial charge is 0.0963 e. The number of thioether (sulfide) groups is 2. The zero-order valence-corrected chi connectivity index (χ0v) is 11.3. The standard InChI is InChI=1S/C12H20O2S2/c1-4-13-6-8-15-10-12(3)11-16-9-7-14-5-2/h4-5H,1-3,6-11H2. The maximum absolute atomic E-state index is 5.02. The molecule has 0 aliphatic carbocycles. The molecule has 4 heteroatoms. The van der Waals surface area contributed by atoms with Crippen LogP contribution in [-0.4, -0.2) is 36.2 Å². The zero-order valence-electron chi connectivity index (χ0n) is 9.65. The van der Waals surface area contributed by atoms with Gasteiger partial charge in [0.1, 0.15) is 0 Å². The van der Waals surface area contributed by atoms with Crippen LogP contribution in [-0.2, 0) is 9.47 Å². The Bertz CT molecular complexity index is 185. The van der Waals surface area contributed by atoms with Crippen LogP contribution in [0.15, 0.2) is 37.8 Å². The molecule has 0 aromatic heterocycles. The normalized spacial score (nSPS) is 9.50. The molecule has 0 saturated carbocycles. The second-order valence-corrected chi connectivity index (χ2v) is 5.14. The molecule has 0 rings (SSSR count). The van der Waals surface area contributed by atoms with Gasteiger partial charge >= 0.3 is 0 Å². The lowest BCUT2D eigenvalue weighted by Crippen LogP contribution is -1.97. The van der Waals surface area contributed by atoms with E-state index < -0.39 is 0 Å². The average Bonchev–Trinajstić information content (AvgIpc) is 2.28. The molecule has 0 aliphatic rings. The van der Waals surface area contributed by atoms with E-state index in [0.717, 1.165) is 36.2 Å². The molecule has 92 valence electrons. The molecule has 0 aliphatic heterocycles. The Hall–Kier alpha value is -0.480. The third-order valence-corrected chi connectivity index (χ3v) is 3.67. The highest BCUT2D eigenvalue weighted by Crippen LogP contribution is 2.12. The quantitative estimate of drug-likeness (QED) is 0.304. The van der Waals surface area contributed by atoms with E-state index in [1.54, 1.807) is 0 Å².